The number of fused-ring (bicyclic) bond motifs is 1. The van der Waals surface area contributed by atoms with E-state index >= 15 is 0 Å². The number of benzene rings is 2. The van der Waals surface area contributed by atoms with Gasteiger partial charge in [-0.3, -0.25) is 14.5 Å². The number of thioether (sulfide) groups is 2. The van der Waals surface area contributed by atoms with Crippen molar-refractivity contribution in [2.75, 3.05) is 18.6 Å². The lowest BCUT2D eigenvalue weighted by Gasteiger charge is -2.13. The fourth-order valence-corrected chi connectivity index (χ4v) is 3.80. The van der Waals surface area contributed by atoms with E-state index in [0.29, 0.717) is 17.7 Å². The summed E-state index contributed by atoms with van der Waals surface area (Å²) < 4.78 is 0. The Kier molecular flexibility index (Phi) is 5.08. The monoisotopic (exact) mass is 343 g/mol. The molecular weight excluding hydrogens is 326 g/mol. The van der Waals surface area contributed by atoms with E-state index in [1.165, 1.54) is 15.4 Å². The Morgan fingerprint density at radius 3 is 2.09 bits per heavy atom. The summed E-state index contributed by atoms with van der Waals surface area (Å²) in [5, 5.41) is 0. The van der Waals surface area contributed by atoms with Gasteiger partial charge in [-0.25, -0.2) is 0 Å². The van der Waals surface area contributed by atoms with Crippen molar-refractivity contribution >= 4 is 35.3 Å². The third-order valence-corrected chi connectivity index (χ3v) is 5.52. The van der Waals surface area contributed by atoms with Crippen LogP contribution in [0.15, 0.2) is 53.4 Å². The number of hydrogen-bond acceptors (Lipinski definition) is 4. The summed E-state index contributed by atoms with van der Waals surface area (Å²) in [6, 6.07) is 15.5. The van der Waals surface area contributed by atoms with Crippen molar-refractivity contribution in [3.05, 3.63) is 65.2 Å². The highest BCUT2D eigenvalue weighted by atomic mass is 32.2. The molecule has 0 spiro atoms. The lowest BCUT2D eigenvalue weighted by atomic mass is 10.1. The first kappa shape index (κ1) is 16.1. The minimum Gasteiger partial charge on any atom is -0.274 e. The molecule has 2 aromatic rings. The van der Waals surface area contributed by atoms with Gasteiger partial charge < -0.3 is 0 Å². The Balaban J connectivity index is 1.51. The maximum absolute atomic E-state index is 12.2. The average molecular weight is 343 g/mol. The molecule has 0 bridgehead atoms. The van der Waals surface area contributed by atoms with Crippen molar-refractivity contribution in [2.24, 2.45) is 0 Å². The highest BCUT2D eigenvalue weighted by Crippen LogP contribution is 2.23. The first-order chi connectivity index (χ1) is 11.2. The summed E-state index contributed by atoms with van der Waals surface area (Å²) in [4.78, 5) is 27.1. The molecule has 0 saturated carbocycles. The number of hydrogen-bond donors (Lipinski definition) is 0. The molecule has 0 unspecified atom stereocenters. The molecule has 0 N–H and O–H groups in total. The number of carbonyl (C=O) groups excluding carboxylic acids is 2. The first-order valence-electron chi connectivity index (χ1n) is 7.36. The normalized spacial score (nSPS) is 13.5. The number of carbonyl (C=O) groups is 2. The van der Waals surface area contributed by atoms with E-state index in [4.69, 9.17) is 0 Å². The predicted octanol–water partition coefficient (Wildman–Crippen LogP) is 3.94. The van der Waals surface area contributed by atoms with Crippen molar-refractivity contribution < 1.29 is 9.59 Å². The second-order valence-corrected chi connectivity index (χ2v) is 7.19. The minimum absolute atomic E-state index is 0.171. The average Bonchev–Trinajstić information content (AvgIpc) is 2.84. The zero-order chi connectivity index (χ0) is 16.2. The molecule has 1 heterocycles. The van der Waals surface area contributed by atoms with Gasteiger partial charge in [-0.2, -0.15) is 11.8 Å². The molecule has 0 aliphatic carbocycles. The van der Waals surface area contributed by atoms with Crippen molar-refractivity contribution in [3.8, 4) is 0 Å². The van der Waals surface area contributed by atoms with E-state index in [-0.39, 0.29) is 11.8 Å². The molecule has 118 valence electrons. The van der Waals surface area contributed by atoms with E-state index in [1.807, 2.05) is 0 Å². The zero-order valence-electron chi connectivity index (χ0n) is 12.8. The fraction of sp³-hybridized carbons (Fsp3) is 0.222. The first-order valence-corrected chi connectivity index (χ1v) is 9.74. The number of nitrogens with zero attached hydrogens (tertiary/aromatic N) is 1. The standard InChI is InChI=1S/C18H17NO2S2/c1-22-14-8-6-13(7-9-14)12-23-11-10-19-17(20)15-4-2-3-5-16(15)18(19)21/h2-9H,10-12H2,1H3. The molecule has 0 atom stereocenters. The van der Waals surface area contributed by atoms with Gasteiger partial charge in [0.15, 0.2) is 0 Å². The molecule has 0 saturated heterocycles. The molecule has 0 fully saturated rings. The van der Waals surface area contributed by atoms with E-state index in [1.54, 1.807) is 47.8 Å². The van der Waals surface area contributed by atoms with Gasteiger partial charge in [0, 0.05) is 22.9 Å². The largest absolute Gasteiger partial charge is 0.274 e. The molecule has 3 rings (SSSR count). The van der Waals surface area contributed by atoms with Gasteiger partial charge in [0.2, 0.25) is 0 Å². The Labute approximate surface area is 144 Å². The Hall–Kier alpha value is -1.72. The summed E-state index contributed by atoms with van der Waals surface area (Å²) in [6.07, 6.45) is 2.06. The zero-order valence-corrected chi connectivity index (χ0v) is 14.5. The van der Waals surface area contributed by atoms with Crippen LogP contribution >= 0.6 is 23.5 Å². The van der Waals surface area contributed by atoms with Crippen LogP contribution < -0.4 is 0 Å². The van der Waals surface area contributed by atoms with Crippen molar-refractivity contribution in [2.45, 2.75) is 10.6 Å². The number of amides is 2. The fourth-order valence-electron chi connectivity index (χ4n) is 2.51. The van der Waals surface area contributed by atoms with Crippen LogP contribution in [0.4, 0.5) is 0 Å². The quantitative estimate of drug-likeness (QED) is 0.452. The van der Waals surface area contributed by atoms with Crippen LogP contribution in [0, 0.1) is 0 Å². The third kappa shape index (κ3) is 3.46. The second kappa shape index (κ2) is 7.23. The topological polar surface area (TPSA) is 37.4 Å². The number of rotatable bonds is 6. The van der Waals surface area contributed by atoms with E-state index in [0.717, 1.165) is 11.5 Å². The molecule has 1 aliphatic rings. The summed E-state index contributed by atoms with van der Waals surface area (Å²) >= 11 is 3.47. The summed E-state index contributed by atoms with van der Waals surface area (Å²) in [5.74, 6) is 1.29. The summed E-state index contributed by atoms with van der Waals surface area (Å²) in [7, 11) is 0. The summed E-state index contributed by atoms with van der Waals surface area (Å²) in [5.41, 5.74) is 2.31. The molecule has 2 amide bonds. The van der Waals surface area contributed by atoms with Gasteiger partial charge in [0.25, 0.3) is 11.8 Å². The Morgan fingerprint density at radius 1 is 0.913 bits per heavy atom. The van der Waals surface area contributed by atoms with Crippen LogP contribution in [0.2, 0.25) is 0 Å². The molecule has 5 heteroatoms. The summed E-state index contributed by atoms with van der Waals surface area (Å²) in [6.45, 7) is 0.458. The van der Waals surface area contributed by atoms with Crippen molar-refractivity contribution in [1.82, 2.24) is 4.90 Å². The second-order valence-electron chi connectivity index (χ2n) is 5.21. The highest BCUT2D eigenvalue weighted by Gasteiger charge is 2.34. The lowest BCUT2D eigenvalue weighted by Crippen LogP contribution is -2.31. The van der Waals surface area contributed by atoms with Gasteiger partial charge in [-0.05, 0) is 36.1 Å². The smallest absolute Gasteiger partial charge is 0.261 e. The molecule has 0 aromatic heterocycles. The van der Waals surface area contributed by atoms with Gasteiger partial charge in [-0.15, -0.1) is 11.8 Å². The van der Waals surface area contributed by atoms with E-state index in [2.05, 4.69) is 30.5 Å². The minimum atomic E-state index is -0.171. The molecule has 2 aromatic carbocycles. The van der Waals surface area contributed by atoms with Crippen molar-refractivity contribution in [3.63, 3.8) is 0 Å². The van der Waals surface area contributed by atoms with Gasteiger partial charge in [-0.1, -0.05) is 24.3 Å². The Morgan fingerprint density at radius 2 is 1.52 bits per heavy atom. The van der Waals surface area contributed by atoms with Crippen LogP contribution in [0.5, 0.6) is 0 Å². The van der Waals surface area contributed by atoms with Crippen LogP contribution in [-0.4, -0.2) is 35.3 Å². The maximum Gasteiger partial charge on any atom is 0.261 e. The predicted molar refractivity (Wildman–Crippen MR) is 96.2 cm³/mol. The molecule has 3 nitrogen and oxygen atoms in total. The molecule has 0 radical (unpaired) electrons. The van der Waals surface area contributed by atoms with Crippen LogP contribution in [0.3, 0.4) is 0 Å². The molecular formula is C18H17NO2S2. The lowest BCUT2D eigenvalue weighted by molar-refractivity contribution is 0.0664. The van der Waals surface area contributed by atoms with Crippen LogP contribution in [0.1, 0.15) is 26.3 Å². The SMILES string of the molecule is CSc1ccc(CSCCN2C(=O)c3ccccc3C2=O)cc1. The maximum atomic E-state index is 12.2. The van der Waals surface area contributed by atoms with Crippen molar-refractivity contribution in [1.29, 1.82) is 0 Å². The van der Waals surface area contributed by atoms with Crippen LogP contribution in [0.25, 0.3) is 0 Å². The molecule has 1 aliphatic heterocycles. The van der Waals surface area contributed by atoms with Crippen LogP contribution in [-0.2, 0) is 5.75 Å². The molecule has 23 heavy (non-hydrogen) atoms. The van der Waals surface area contributed by atoms with Gasteiger partial charge in [0.05, 0.1) is 11.1 Å². The number of imide groups is 1. The van der Waals surface area contributed by atoms with E-state index < -0.39 is 0 Å². The third-order valence-electron chi connectivity index (χ3n) is 3.77. The highest BCUT2D eigenvalue weighted by molar-refractivity contribution is 7.98. The van der Waals surface area contributed by atoms with Gasteiger partial charge >= 0.3 is 0 Å². The van der Waals surface area contributed by atoms with E-state index in [9.17, 15) is 9.59 Å². The Bertz CT molecular complexity index is 693. The van der Waals surface area contributed by atoms with Gasteiger partial charge in [0.1, 0.15) is 0 Å².